The van der Waals surface area contributed by atoms with Crippen LogP contribution in [0, 0.1) is 6.92 Å². The summed E-state index contributed by atoms with van der Waals surface area (Å²) in [7, 11) is 2.13. The molecule has 1 aromatic carbocycles. The SMILES string of the molecule is Cc1cccc(OCC(=O)O[C@@H]2CCC[NH+](C)C2)c1. The van der Waals surface area contributed by atoms with Crippen LogP contribution in [0.1, 0.15) is 18.4 Å². The lowest BCUT2D eigenvalue weighted by Gasteiger charge is -2.26. The fourth-order valence-corrected chi connectivity index (χ4v) is 2.39. The van der Waals surface area contributed by atoms with Crippen LogP contribution < -0.4 is 9.64 Å². The van der Waals surface area contributed by atoms with Gasteiger partial charge in [0.05, 0.1) is 13.6 Å². The van der Waals surface area contributed by atoms with Crippen molar-refractivity contribution in [1.29, 1.82) is 0 Å². The minimum atomic E-state index is -0.277. The summed E-state index contributed by atoms with van der Waals surface area (Å²) in [5.74, 6) is 0.435. The van der Waals surface area contributed by atoms with Crippen molar-refractivity contribution >= 4 is 5.97 Å². The second-order valence-corrected chi connectivity index (χ2v) is 5.27. The Morgan fingerprint density at radius 1 is 1.47 bits per heavy atom. The lowest BCUT2D eigenvalue weighted by molar-refractivity contribution is -0.888. The molecule has 4 nitrogen and oxygen atoms in total. The number of likely N-dealkylation sites (N-methyl/N-ethyl adjacent to an activating group) is 1. The van der Waals surface area contributed by atoms with Gasteiger partial charge >= 0.3 is 5.97 Å². The third-order valence-electron chi connectivity index (χ3n) is 3.35. The minimum absolute atomic E-state index is 0.0149. The van der Waals surface area contributed by atoms with Crippen molar-refractivity contribution in [2.24, 2.45) is 0 Å². The quantitative estimate of drug-likeness (QED) is 0.809. The maximum atomic E-state index is 11.7. The van der Waals surface area contributed by atoms with Crippen molar-refractivity contribution in [3.05, 3.63) is 29.8 Å². The molecule has 104 valence electrons. The summed E-state index contributed by atoms with van der Waals surface area (Å²) in [6, 6.07) is 7.66. The smallest absolute Gasteiger partial charge is 0.344 e. The maximum absolute atomic E-state index is 11.7. The van der Waals surface area contributed by atoms with Gasteiger partial charge in [-0.2, -0.15) is 0 Å². The number of nitrogens with one attached hydrogen (secondary N) is 1. The number of ether oxygens (including phenoxy) is 2. The molecule has 0 bridgehead atoms. The summed E-state index contributed by atoms with van der Waals surface area (Å²) in [6.45, 7) is 4.04. The number of likely N-dealkylation sites (tertiary alicyclic amines) is 1. The van der Waals surface area contributed by atoms with E-state index in [-0.39, 0.29) is 18.7 Å². The first kappa shape index (κ1) is 13.9. The Balaban J connectivity index is 1.75. The summed E-state index contributed by atoms with van der Waals surface area (Å²) in [6.07, 6.45) is 2.12. The predicted molar refractivity (Wildman–Crippen MR) is 72.4 cm³/mol. The zero-order valence-electron chi connectivity index (χ0n) is 11.6. The Kier molecular flexibility index (Phi) is 4.80. The molecule has 1 unspecified atom stereocenters. The molecule has 4 heteroatoms. The van der Waals surface area contributed by atoms with Gasteiger partial charge in [0.1, 0.15) is 12.3 Å². The summed E-state index contributed by atoms with van der Waals surface area (Å²) in [5.41, 5.74) is 1.11. The van der Waals surface area contributed by atoms with Crippen molar-refractivity contribution in [1.82, 2.24) is 0 Å². The molecule has 19 heavy (non-hydrogen) atoms. The Morgan fingerprint density at radius 3 is 3.05 bits per heavy atom. The number of benzene rings is 1. The number of hydrogen-bond donors (Lipinski definition) is 1. The van der Waals surface area contributed by atoms with Crippen molar-refractivity contribution < 1.29 is 19.2 Å². The van der Waals surface area contributed by atoms with E-state index in [1.807, 2.05) is 31.2 Å². The molecule has 1 saturated heterocycles. The standard InChI is InChI=1S/C15H21NO3/c1-12-5-3-6-13(9-12)18-11-15(17)19-14-7-4-8-16(2)10-14/h3,5-6,9,14H,4,7-8,10-11H2,1-2H3/p+1/t14-/m1/s1. The molecule has 0 aliphatic carbocycles. The number of aryl methyl sites for hydroxylation is 1. The average molecular weight is 264 g/mol. The molecule has 2 rings (SSSR count). The van der Waals surface area contributed by atoms with Gasteiger partial charge in [0.15, 0.2) is 12.7 Å². The van der Waals surface area contributed by atoms with Gasteiger partial charge in [0, 0.05) is 6.42 Å². The van der Waals surface area contributed by atoms with Gasteiger partial charge in [0.2, 0.25) is 0 Å². The third-order valence-corrected chi connectivity index (χ3v) is 3.35. The summed E-state index contributed by atoms with van der Waals surface area (Å²) < 4.78 is 10.9. The molecule has 1 N–H and O–H groups in total. The highest BCUT2D eigenvalue weighted by Crippen LogP contribution is 2.12. The molecule has 0 radical (unpaired) electrons. The summed E-state index contributed by atoms with van der Waals surface area (Å²) >= 11 is 0. The van der Waals surface area contributed by atoms with E-state index in [4.69, 9.17) is 9.47 Å². The topological polar surface area (TPSA) is 40.0 Å². The molecular weight excluding hydrogens is 242 g/mol. The van der Waals surface area contributed by atoms with Gasteiger partial charge in [-0.3, -0.25) is 0 Å². The van der Waals surface area contributed by atoms with Crippen molar-refractivity contribution in [2.45, 2.75) is 25.9 Å². The van der Waals surface area contributed by atoms with Crippen LogP contribution in [-0.2, 0) is 9.53 Å². The lowest BCUT2D eigenvalue weighted by Crippen LogP contribution is -3.11. The Hall–Kier alpha value is -1.55. The van der Waals surface area contributed by atoms with Crippen LogP contribution in [0.3, 0.4) is 0 Å². The molecule has 2 atom stereocenters. The maximum Gasteiger partial charge on any atom is 0.344 e. The molecule has 1 heterocycles. The minimum Gasteiger partial charge on any atom is -0.482 e. The fourth-order valence-electron chi connectivity index (χ4n) is 2.39. The molecule has 0 aromatic heterocycles. The number of hydrogen-bond acceptors (Lipinski definition) is 3. The van der Waals surface area contributed by atoms with Crippen LogP contribution >= 0.6 is 0 Å². The first-order chi connectivity index (χ1) is 9.13. The van der Waals surface area contributed by atoms with Gasteiger partial charge in [0.25, 0.3) is 0 Å². The molecule has 1 aliphatic rings. The second kappa shape index (κ2) is 6.57. The average Bonchev–Trinajstić information content (AvgIpc) is 2.36. The van der Waals surface area contributed by atoms with E-state index < -0.39 is 0 Å². The highest BCUT2D eigenvalue weighted by Gasteiger charge is 2.23. The predicted octanol–water partition coefficient (Wildman–Crippen LogP) is 0.594. The van der Waals surface area contributed by atoms with E-state index in [1.165, 1.54) is 4.90 Å². The Morgan fingerprint density at radius 2 is 2.32 bits per heavy atom. The molecule has 1 fully saturated rings. The van der Waals surface area contributed by atoms with Crippen LogP contribution in [0.5, 0.6) is 5.75 Å². The number of rotatable bonds is 4. The molecular formula is C15H22NO3+. The van der Waals surface area contributed by atoms with Gasteiger partial charge in [-0.05, 0) is 31.0 Å². The normalized spacial score (nSPS) is 22.8. The molecule has 0 saturated carbocycles. The van der Waals surface area contributed by atoms with E-state index in [9.17, 15) is 4.79 Å². The van der Waals surface area contributed by atoms with Gasteiger partial charge in [-0.25, -0.2) is 4.79 Å². The largest absolute Gasteiger partial charge is 0.482 e. The molecule has 1 aromatic rings. The van der Waals surface area contributed by atoms with E-state index in [2.05, 4.69) is 7.05 Å². The van der Waals surface area contributed by atoms with Crippen molar-refractivity contribution in [3.63, 3.8) is 0 Å². The van der Waals surface area contributed by atoms with Crippen LogP contribution in [0.4, 0.5) is 0 Å². The van der Waals surface area contributed by atoms with Gasteiger partial charge in [-0.15, -0.1) is 0 Å². The zero-order chi connectivity index (χ0) is 13.7. The highest BCUT2D eigenvalue weighted by atomic mass is 16.6. The number of esters is 1. The molecule has 0 amide bonds. The van der Waals surface area contributed by atoms with E-state index in [0.29, 0.717) is 5.75 Å². The summed E-state index contributed by atoms with van der Waals surface area (Å²) in [4.78, 5) is 13.1. The number of quaternary nitrogens is 1. The zero-order valence-corrected chi connectivity index (χ0v) is 11.6. The fraction of sp³-hybridized carbons (Fsp3) is 0.533. The Bertz CT molecular complexity index is 433. The van der Waals surface area contributed by atoms with Crippen LogP contribution in [0.2, 0.25) is 0 Å². The number of carbonyl (C=O) groups excluding carboxylic acids is 1. The number of piperidine rings is 1. The van der Waals surface area contributed by atoms with Crippen molar-refractivity contribution in [3.8, 4) is 5.75 Å². The van der Waals surface area contributed by atoms with E-state index in [1.54, 1.807) is 0 Å². The van der Waals surface area contributed by atoms with Gasteiger partial charge < -0.3 is 14.4 Å². The van der Waals surface area contributed by atoms with Crippen LogP contribution in [-0.4, -0.2) is 38.8 Å². The lowest BCUT2D eigenvalue weighted by atomic mass is 10.1. The molecule has 0 spiro atoms. The van der Waals surface area contributed by atoms with E-state index >= 15 is 0 Å². The van der Waals surface area contributed by atoms with Crippen molar-refractivity contribution in [2.75, 3.05) is 26.7 Å². The van der Waals surface area contributed by atoms with Crippen LogP contribution in [0.15, 0.2) is 24.3 Å². The van der Waals surface area contributed by atoms with E-state index in [0.717, 1.165) is 31.5 Å². The second-order valence-electron chi connectivity index (χ2n) is 5.27. The first-order valence-electron chi connectivity index (χ1n) is 6.84. The summed E-state index contributed by atoms with van der Waals surface area (Å²) in [5, 5.41) is 0. The Labute approximate surface area is 114 Å². The third kappa shape index (κ3) is 4.56. The van der Waals surface area contributed by atoms with Gasteiger partial charge in [-0.1, -0.05) is 12.1 Å². The number of carbonyl (C=O) groups is 1. The first-order valence-corrected chi connectivity index (χ1v) is 6.84. The molecule has 1 aliphatic heterocycles. The highest BCUT2D eigenvalue weighted by molar-refractivity contribution is 5.71. The van der Waals surface area contributed by atoms with Crippen LogP contribution in [0.25, 0.3) is 0 Å². The monoisotopic (exact) mass is 264 g/mol.